The molecule has 0 saturated heterocycles. The molecule has 154 valence electrons. The quantitative estimate of drug-likeness (QED) is 0.642. The van der Waals surface area contributed by atoms with Crippen LogP contribution in [0, 0.1) is 5.92 Å². The van der Waals surface area contributed by atoms with E-state index in [0.29, 0.717) is 10.7 Å². The standard InChI is InChI=1S/C22H24ClNO5/c1-4-28-21(26)17-7-5-6-8-18(17)24-19(25)13-29-22(27)20(14(2)3)15-9-11-16(23)12-10-15/h5-12,14,20H,4,13H2,1-3H3,(H,24,25)/t20-/m1/s1. The SMILES string of the molecule is CCOC(=O)c1ccccc1NC(=O)COC(=O)[C@@H](c1ccc(Cl)cc1)C(C)C. The second-order valence-corrected chi connectivity index (χ2v) is 7.13. The summed E-state index contributed by atoms with van der Waals surface area (Å²) < 4.78 is 10.2. The van der Waals surface area contributed by atoms with Crippen LogP contribution in [0.15, 0.2) is 48.5 Å². The van der Waals surface area contributed by atoms with E-state index >= 15 is 0 Å². The molecule has 0 aliphatic rings. The largest absolute Gasteiger partial charge is 0.462 e. The molecule has 0 heterocycles. The topological polar surface area (TPSA) is 81.7 Å². The van der Waals surface area contributed by atoms with Crippen molar-refractivity contribution < 1.29 is 23.9 Å². The molecule has 0 saturated carbocycles. The van der Waals surface area contributed by atoms with Gasteiger partial charge >= 0.3 is 11.9 Å². The molecule has 0 radical (unpaired) electrons. The Morgan fingerprint density at radius 3 is 2.28 bits per heavy atom. The first-order valence-corrected chi connectivity index (χ1v) is 9.69. The van der Waals surface area contributed by atoms with Crippen molar-refractivity contribution in [1.82, 2.24) is 0 Å². The Balaban J connectivity index is 2.02. The molecule has 29 heavy (non-hydrogen) atoms. The van der Waals surface area contributed by atoms with E-state index in [2.05, 4.69) is 5.32 Å². The Labute approximate surface area is 175 Å². The van der Waals surface area contributed by atoms with E-state index in [4.69, 9.17) is 21.1 Å². The molecule has 0 aliphatic carbocycles. The number of ether oxygens (including phenoxy) is 2. The second kappa shape index (κ2) is 10.6. The lowest BCUT2D eigenvalue weighted by Gasteiger charge is -2.20. The molecule has 0 aliphatic heterocycles. The number of nitrogens with one attached hydrogen (secondary N) is 1. The number of esters is 2. The van der Waals surface area contributed by atoms with Crippen molar-refractivity contribution in [2.75, 3.05) is 18.5 Å². The van der Waals surface area contributed by atoms with E-state index in [0.717, 1.165) is 5.56 Å². The van der Waals surface area contributed by atoms with Crippen LogP contribution in [0.2, 0.25) is 5.02 Å². The van der Waals surface area contributed by atoms with Crippen LogP contribution >= 0.6 is 11.6 Å². The molecule has 2 rings (SSSR count). The molecular formula is C22H24ClNO5. The molecule has 2 aromatic carbocycles. The van der Waals surface area contributed by atoms with Gasteiger partial charge in [0.15, 0.2) is 6.61 Å². The van der Waals surface area contributed by atoms with E-state index < -0.39 is 30.4 Å². The van der Waals surface area contributed by atoms with Crippen LogP contribution in [0.4, 0.5) is 5.69 Å². The third kappa shape index (κ3) is 6.32. The fourth-order valence-corrected chi connectivity index (χ4v) is 2.98. The lowest BCUT2D eigenvalue weighted by molar-refractivity contribution is -0.149. The summed E-state index contributed by atoms with van der Waals surface area (Å²) >= 11 is 5.91. The first-order chi connectivity index (χ1) is 13.8. The fraction of sp³-hybridized carbons (Fsp3) is 0.318. The molecule has 0 fully saturated rings. The van der Waals surface area contributed by atoms with Crippen molar-refractivity contribution in [3.05, 3.63) is 64.7 Å². The van der Waals surface area contributed by atoms with Gasteiger partial charge < -0.3 is 14.8 Å². The second-order valence-electron chi connectivity index (χ2n) is 6.70. The third-order valence-corrected chi connectivity index (χ3v) is 4.44. The van der Waals surface area contributed by atoms with Gasteiger partial charge in [-0.25, -0.2) is 4.79 Å². The van der Waals surface area contributed by atoms with Crippen LogP contribution in [0.25, 0.3) is 0 Å². The summed E-state index contributed by atoms with van der Waals surface area (Å²) in [6.45, 7) is 5.25. The molecule has 1 atom stereocenters. The van der Waals surface area contributed by atoms with Crippen molar-refractivity contribution in [2.45, 2.75) is 26.7 Å². The first-order valence-electron chi connectivity index (χ1n) is 9.31. The van der Waals surface area contributed by atoms with Crippen LogP contribution < -0.4 is 5.32 Å². The third-order valence-electron chi connectivity index (χ3n) is 4.19. The highest BCUT2D eigenvalue weighted by Crippen LogP contribution is 2.27. The van der Waals surface area contributed by atoms with E-state index in [9.17, 15) is 14.4 Å². The monoisotopic (exact) mass is 417 g/mol. The van der Waals surface area contributed by atoms with Gasteiger partial charge in [0.2, 0.25) is 0 Å². The number of para-hydroxylation sites is 1. The van der Waals surface area contributed by atoms with Gasteiger partial charge in [-0.05, 0) is 42.7 Å². The van der Waals surface area contributed by atoms with Gasteiger partial charge in [-0.2, -0.15) is 0 Å². The molecule has 6 nitrogen and oxygen atoms in total. The zero-order valence-corrected chi connectivity index (χ0v) is 17.4. The molecule has 1 N–H and O–H groups in total. The minimum absolute atomic E-state index is 0.0312. The number of hydrogen-bond donors (Lipinski definition) is 1. The Bertz CT molecular complexity index is 864. The number of benzene rings is 2. The smallest absolute Gasteiger partial charge is 0.340 e. The zero-order valence-electron chi connectivity index (χ0n) is 16.6. The Morgan fingerprint density at radius 1 is 1.00 bits per heavy atom. The first kappa shape index (κ1) is 22.4. The lowest BCUT2D eigenvalue weighted by Crippen LogP contribution is -2.26. The van der Waals surface area contributed by atoms with Crippen LogP contribution in [0.1, 0.15) is 42.6 Å². The Hall–Kier alpha value is -2.86. The summed E-state index contributed by atoms with van der Waals surface area (Å²) in [5.41, 5.74) is 1.29. The number of rotatable bonds is 8. The van der Waals surface area contributed by atoms with Gasteiger partial charge in [-0.1, -0.05) is 49.7 Å². The predicted molar refractivity (Wildman–Crippen MR) is 111 cm³/mol. The van der Waals surface area contributed by atoms with Gasteiger partial charge in [0, 0.05) is 5.02 Å². The maximum atomic E-state index is 12.6. The van der Waals surface area contributed by atoms with E-state index in [1.165, 1.54) is 0 Å². The van der Waals surface area contributed by atoms with Gasteiger partial charge in [0.1, 0.15) is 0 Å². The average molecular weight is 418 g/mol. The van der Waals surface area contributed by atoms with Crippen LogP contribution in [-0.2, 0) is 19.1 Å². The number of carbonyl (C=O) groups is 3. The molecule has 7 heteroatoms. The highest BCUT2D eigenvalue weighted by molar-refractivity contribution is 6.30. The van der Waals surface area contributed by atoms with Crippen molar-refractivity contribution >= 4 is 35.1 Å². The maximum Gasteiger partial charge on any atom is 0.340 e. The highest BCUT2D eigenvalue weighted by Gasteiger charge is 2.26. The summed E-state index contributed by atoms with van der Waals surface area (Å²) in [7, 11) is 0. The van der Waals surface area contributed by atoms with E-state index in [1.807, 2.05) is 13.8 Å². The molecule has 2 aromatic rings. The average Bonchev–Trinajstić information content (AvgIpc) is 2.68. The summed E-state index contributed by atoms with van der Waals surface area (Å²) in [5.74, 6) is -2.14. The van der Waals surface area contributed by atoms with Gasteiger partial charge in [0.05, 0.1) is 23.8 Å². The van der Waals surface area contributed by atoms with Gasteiger partial charge in [0.25, 0.3) is 5.91 Å². The lowest BCUT2D eigenvalue weighted by atomic mass is 9.88. The summed E-state index contributed by atoms with van der Waals surface area (Å²) in [4.78, 5) is 36.8. The van der Waals surface area contributed by atoms with Crippen molar-refractivity contribution in [3.63, 3.8) is 0 Å². The number of anilines is 1. The molecule has 0 unspecified atom stereocenters. The van der Waals surface area contributed by atoms with Crippen molar-refractivity contribution in [2.24, 2.45) is 5.92 Å². The molecular weight excluding hydrogens is 394 g/mol. The minimum Gasteiger partial charge on any atom is -0.462 e. The van der Waals surface area contributed by atoms with E-state index in [1.54, 1.807) is 55.5 Å². The number of amides is 1. The van der Waals surface area contributed by atoms with Crippen LogP contribution in [0.5, 0.6) is 0 Å². The highest BCUT2D eigenvalue weighted by atomic mass is 35.5. The normalized spacial score (nSPS) is 11.6. The van der Waals surface area contributed by atoms with Gasteiger partial charge in [-0.3, -0.25) is 9.59 Å². The molecule has 0 bridgehead atoms. The van der Waals surface area contributed by atoms with Gasteiger partial charge in [-0.15, -0.1) is 0 Å². The maximum absolute atomic E-state index is 12.6. The van der Waals surface area contributed by atoms with E-state index in [-0.39, 0.29) is 18.1 Å². The van der Waals surface area contributed by atoms with Crippen LogP contribution in [0.3, 0.4) is 0 Å². The molecule has 1 amide bonds. The minimum atomic E-state index is -0.547. The molecule has 0 spiro atoms. The number of halogens is 1. The Morgan fingerprint density at radius 2 is 1.66 bits per heavy atom. The predicted octanol–water partition coefficient (Wildman–Crippen LogP) is 4.44. The Kier molecular flexibility index (Phi) is 8.21. The zero-order chi connectivity index (χ0) is 21.4. The van der Waals surface area contributed by atoms with Crippen molar-refractivity contribution in [3.8, 4) is 0 Å². The fourth-order valence-electron chi connectivity index (χ4n) is 2.85. The summed E-state index contributed by atoms with van der Waals surface area (Å²) in [6.07, 6.45) is 0. The van der Waals surface area contributed by atoms with Crippen molar-refractivity contribution in [1.29, 1.82) is 0 Å². The van der Waals surface area contributed by atoms with Crippen LogP contribution in [-0.4, -0.2) is 31.1 Å². The summed E-state index contributed by atoms with van der Waals surface area (Å²) in [6, 6.07) is 13.4. The summed E-state index contributed by atoms with van der Waals surface area (Å²) in [5, 5.41) is 3.16. The number of carbonyl (C=O) groups excluding carboxylic acids is 3. The number of hydrogen-bond acceptors (Lipinski definition) is 5. The molecule has 0 aromatic heterocycles.